The van der Waals surface area contributed by atoms with Crippen molar-refractivity contribution in [1.29, 1.82) is 0 Å². The molecule has 1 aliphatic carbocycles. The third-order valence-electron chi connectivity index (χ3n) is 9.14. The quantitative estimate of drug-likeness (QED) is 0.132. The molecule has 2 aliphatic rings. The van der Waals surface area contributed by atoms with Crippen molar-refractivity contribution < 1.29 is 27.4 Å². The lowest BCUT2D eigenvalue weighted by Crippen LogP contribution is -2.32. The number of terminal acetylenes is 1. The van der Waals surface area contributed by atoms with E-state index in [2.05, 4.69) is 25.8 Å². The van der Waals surface area contributed by atoms with Crippen LogP contribution in [0.15, 0.2) is 30.5 Å². The fourth-order valence-corrected chi connectivity index (χ4v) is 6.57. The van der Waals surface area contributed by atoms with Gasteiger partial charge in [0.25, 0.3) is 0 Å². The normalized spacial score (nSPS) is 16.1. The van der Waals surface area contributed by atoms with Gasteiger partial charge in [0.1, 0.15) is 22.9 Å². The van der Waals surface area contributed by atoms with E-state index in [1.165, 1.54) is 18.3 Å². The maximum atomic E-state index is 15.3. The number of aromatic hydroxyl groups is 1. The first-order chi connectivity index (χ1) is 22.6. The Morgan fingerprint density at radius 2 is 1.91 bits per heavy atom. The van der Waals surface area contributed by atoms with Crippen LogP contribution >= 0.6 is 0 Å². The zero-order valence-electron chi connectivity index (χ0n) is 26.3. The van der Waals surface area contributed by atoms with Gasteiger partial charge < -0.3 is 25.4 Å². The second-order valence-corrected chi connectivity index (χ2v) is 12.6. The van der Waals surface area contributed by atoms with Crippen LogP contribution in [0.2, 0.25) is 0 Å². The molecule has 248 valence electrons. The van der Waals surface area contributed by atoms with Gasteiger partial charge >= 0.3 is 12.2 Å². The molecule has 47 heavy (non-hydrogen) atoms. The molecule has 1 saturated carbocycles. The zero-order valence-corrected chi connectivity index (χ0v) is 26.3. The number of nitrogens with zero attached hydrogens (tertiary/aromatic N) is 5. The van der Waals surface area contributed by atoms with Gasteiger partial charge in [-0.3, -0.25) is 4.98 Å². The SMILES string of the molecule is C#Cc1c(F)ccc2cc(O)cc(-c3ncc4c(N(CCN)CCCC)nc(OCC5(CN6CCCC6)CC5)nc4c3C(F)(F)F)c12. The number of likely N-dealkylation sites (tertiary alicyclic amines) is 1. The molecule has 2 aromatic carbocycles. The number of hydrogen-bond acceptors (Lipinski definition) is 8. The van der Waals surface area contributed by atoms with Gasteiger partial charge in [0.2, 0.25) is 0 Å². The third-order valence-corrected chi connectivity index (χ3v) is 9.14. The molecule has 8 nitrogen and oxygen atoms in total. The number of nitrogens with two attached hydrogens (primary N) is 1. The fraction of sp³-hybridized carbons (Fsp3) is 0.457. The molecule has 4 aromatic rings. The summed E-state index contributed by atoms with van der Waals surface area (Å²) in [6.07, 6.45) is 7.78. The fourth-order valence-electron chi connectivity index (χ4n) is 6.57. The topological polar surface area (TPSA) is 101 Å². The highest BCUT2D eigenvalue weighted by Crippen LogP contribution is 2.48. The van der Waals surface area contributed by atoms with Crippen molar-refractivity contribution in [3.8, 4) is 35.4 Å². The predicted octanol–water partition coefficient (Wildman–Crippen LogP) is 6.51. The number of rotatable bonds is 12. The highest BCUT2D eigenvalue weighted by Gasteiger charge is 2.45. The summed E-state index contributed by atoms with van der Waals surface area (Å²) in [6.45, 7) is 6.32. The van der Waals surface area contributed by atoms with Crippen LogP contribution in [-0.4, -0.2) is 70.8 Å². The molecule has 0 atom stereocenters. The second kappa shape index (κ2) is 13.1. The molecule has 0 unspecified atom stereocenters. The molecule has 1 aliphatic heterocycles. The molecular formula is C35H38F4N6O2. The van der Waals surface area contributed by atoms with E-state index in [1.807, 2.05) is 11.8 Å². The van der Waals surface area contributed by atoms with Crippen LogP contribution in [0.5, 0.6) is 11.8 Å². The number of ether oxygens (including phenoxy) is 1. The van der Waals surface area contributed by atoms with Crippen molar-refractivity contribution in [3.05, 3.63) is 47.4 Å². The number of fused-ring (bicyclic) bond motifs is 2. The molecule has 1 saturated heterocycles. The number of unbranched alkanes of at least 4 members (excludes halogenated alkanes) is 1. The Morgan fingerprint density at radius 3 is 2.57 bits per heavy atom. The maximum Gasteiger partial charge on any atom is 0.420 e. The second-order valence-electron chi connectivity index (χ2n) is 12.6. The molecule has 0 amide bonds. The standard InChI is InChI=1S/C35H38F4N6O2/c1-3-5-15-45(16-12-40)32-26-19-41-30(25-18-23(46)17-22-8-9-27(36)24(4-2)28(22)25)29(35(37,38)39)31(26)42-33(43-32)47-21-34(10-11-34)20-44-13-6-7-14-44/h2,8-9,17-19,46H,3,5-7,10-16,20-21,40H2,1H3. The van der Waals surface area contributed by atoms with Crippen LogP contribution in [0.4, 0.5) is 23.4 Å². The van der Waals surface area contributed by atoms with Crippen molar-refractivity contribution in [1.82, 2.24) is 19.9 Å². The van der Waals surface area contributed by atoms with Gasteiger partial charge in [-0.1, -0.05) is 25.3 Å². The lowest BCUT2D eigenvalue weighted by molar-refractivity contribution is -0.136. The summed E-state index contributed by atoms with van der Waals surface area (Å²) < 4.78 is 66.9. The number of phenolic OH excluding ortho intramolecular Hbond substituents is 1. The number of hydrogen-bond donors (Lipinski definition) is 2. The highest BCUT2D eigenvalue weighted by atomic mass is 19.4. The van der Waals surface area contributed by atoms with E-state index in [0.29, 0.717) is 13.1 Å². The Hall–Kier alpha value is -4.21. The highest BCUT2D eigenvalue weighted by molar-refractivity contribution is 6.04. The van der Waals surface area contributed by atoms with Crippen molar-refractivity contribution >= 4 is 27.5 Å². The Kier molecular flexibility index (Phi) is 9.14. The summed E-state index contributed by atoms with van der Waals surface area (Å²) in [7, 11) is 0. The number of benzene rings is 2. The minimum atomic E-state index is -4.97. The summed E-state index contributed by atoms with van der Waals surface area (Å²) in [5.74, 6) is 1.40. The van der Waals surface area contributed by atoms with E-state index in [4.69, 9.17) is 16.9 Å². The Balaban J connectivity index is 1.56. The van der Waals surface area contributed by atoms with Gasteiger partial charge in [-0.15, -0.1) is 6.42 Å². The summed E-state index contributed by atoms with van der Waals surface area (Å²) in [5.41, 5.74) is 3.32. The zero-order chi connectivity index (χ0) is 33.3. The van der Waals surface area contributed by atoms with Crippen LogP contribution in [-0.2, 0) is 6.18 Å². The average molecular weight is 651 g/mol. The van der Waals surface area contributed by atoms with E-state index < -0.39 is 28.8 Å². The van der Waals surface area contributed by atoms with Gasteiger partial charge in [0.15, 0.2) is 0 Å². The third kappa shape index (κ3) is 6.64. The van der Waals surface area contributed by atoms with Crippen LogP contribution < -0.4 is 15.4 Å². The van der Waals surface area contributed by atoms with Gasteiger partial charge in [-0.05, 0) is 68.8 Å². The summed E-state index contributed by atoms with van der Waals surface area (Å²) in [4.78, 5) is 17.6. The van der Waals surface area contributed by atoms with Gasteiger partial charge in [-0.25, -0.2) is 4.39 Å². The minimum absolute atomic E-state index is 0.0266. The Morgan fingerprint density at radius 1 is 1.15 bits per heavy atom. The van der Waals surface area contributed by atoms with E-state index in [0.717, 1.165) is 70.3 Å². The molecule has 12 heteroatoms. The molecule has 0 bridgehead atoms. The minimum Gasteiger partial charge on any atom is -0.508 e. The first-order valence-electron chi connectivity index (χ1n) is 16.1. The monoisotopic (exact) mass is 650 g/mol. The van der Waals surface area contributed by atoms with E-state index in [-0.39, 0.29) is 63.4 Å². The molecule has 0 radical (unpaired) electrons. The smallest absolute Gasteiger partial charge is 0.420 e. The van der Waals surface area contributed by atoms with Crippen molar-refractivity contribution in [2.24, 2.45) is 11.1 Å². The Bertz CT molecular complexity index is 1830. The summed E-state index contributed by atoms with van der Waals surface area (Å²) in [6, 6.07) is 4.72. The van der Waals surface area contributed by atoms with Gasteiger partial charge in [-0.2, -0.15) is 23.1 Å². The number of halogens is 4. The molecule has 2 aromatic heterocycles. The van der Waals surface area contributed by atoms with Crippen LogP contribution in [0.3, 0.4) is 0 Å². The number of aromatic nitrogens is 3. The van der Waals surface area contributed by atoms with Crippen molar-refractivity contribution in [3.63, 3.8) is 0 Å². The van der Waals surface area contributed by atoms with Crippen LogP contribution in [0.1, 0.15) is 56.6 Å². The largest absolute Gasteiger partial charge is 0.508 e. The van der Waals surface area contributed by atoms with Crippen LogP contribution in [0, 0.1) is 23.6 Å². The molecule has 0 spiro atoms. The maximum absolute atomic E-state index is 15.3. The molecule has 6 rings (SSSR count). The van der Waals surface area contributed by atoms with Crippen molar-refractivity contribution in [2.75, 3.05) is 50.8 Å². The molecule has 2 fully saturated rings. The van der Waals surface area contributed by atoms with Gasteiger partial charge in [0, 0.05) is 48.7 Å². The molecule has 3 N–H and O–H groups in total. The first-order valence-corrected chi connectivity index (χ1v) is 16.1. The number of phenols is 1. The first kappa shape index (κ1) is 32.7. The molecular weight excluding hydrogens is 612 g/mol. The predicted molar refractivity (Wildman–Crippen MR) is 174 cm³/mol. The van der Waals surface area contributed by atoms with Crippen molar-refractivity contribution in [2.45, 2.75) is 51.6 Å². The lowest BCUT2D eigenvalue weighted by atomic mass is 9.93. The average Bonchev–Trinajstić information content (AvgIpc) is 3.61. The van der Waals surface area contributed by atoms with E-state index in [1.54, 1.807) is 0 Å². The Labute approximate surface area is 270 Å². The van der Waals surface area contributed by atoms with E-state index in [9.17, 15) is 9.50 Å². The number of alkyl halides is 3. The van der Waals surface area contributed by atoms with Crippen LogP contribution in [0.25, 0.3) is 32.9 Å². The number of anilines is 1. The summed E-state index contributed by atoms with van der Waals surface area (Å²) in [5, 5.41) is 10.9. The lowest BCUT2D eigenvalue weighted by Gasteiger charge is -2.26. The van der Waals surface area contributed by atoms with E-state index >= 15 is 13.2 Å². The summed E-state index contributed by atoms with van der Waals surface area (Å²) >= 11 is 0. The van der Waals surface area contributed by atoms with Gasteiger partial charge in [0.05, 0.1) is 28.8 Å². The number of pyridine rings is 1. The molecule has 3 heterocycles.